The van der Waals surface area contributed by atoms with Crippen LogP contribution in [-0.2, 0) is 16.6 Å². The molecule has 2 heterocycles. The number of carboxylic acids is 1. The van der Waals surface area contributed by atoms with Gasteiger partial charge in [0.2, 0.25) is 0 Å². The average molecular weight is 233 g/mol. The Kier molecular flexibility index (Phi) is 2.61. The summed E-state index contributed by atoms with van der Waals surface area (Å²) >= 11 is 0. The van der Waals surface area contributed by atoms with Crippen LogP contribution in [0.25, 0.3) is 5.65 Å². The number of aliphatic carboxylic acids is 1. The third kappa shape index (κ3) is 2.13. The fourth-order valence-electron chi connectivity index (χ4n) is 1.85. The van der Waals surface area contributed by atoms with Gasteiger partial charge in [-0.3, -0.25) is 4.79 Å². The Morgan fingerprint density at radius 2 is 2.18 bits per heavy atom. The molecule has 2 aromatic rings. The van der Waals surface area contributed by atoms with Crippen LogP contribution in [0.15, 0.2) is 18.5 Å². The molecule has 0 atom stereocenters. The van der Waals surface area contributed by atoms with E-state index in [-0.39, 0.29) is 11.8 Å². The zero-order valence-corrected chi connectivity index (χ0v) is 10.1. The molecule has 2 aromatic heterocycles. The zero-order chi connectivity index (χ0) is 12.6. The van der Waals surface area contributed by atoms with Gasteiger partial charge >= 0.3 is 5.97 Å². The molecule has 0 unspecified atom stereocenters. The molecule has 5 heteroatoms. The number of hydrogen-bond donors (Lipinski definition) is 1. The van der Waals surface area contributed by atoms with Crippen LogP contribution in [0.4, 0.5) is 0 Å². The van der Waals surface area contributed by atoms with Crippen molar-refractivity contribution in [2.75, 3.05) is 0 Å². The van der Waals surface area contributed by atoms with Gasteiger partial charge in [-0.15, -0.1) is 0 Å². The minimum atomic E-state index is -0.865. The van der Waals surface area contributed by atoms with E-state index in [2.05, 4.69) is 10.1 Å². The van der Waals surface area contributed by atoms with E-state index in [0.717, 1.165) is 5.69 Å². The topological polar surface area (TPSA) is 67.5 Å². The summed E-state index contributed by atoms with van der Waals surface area (Å²) in [7, 11) is 0. The molecule has 0 radical (unpaired) electrons. The zero-order valence-electron chi connectivity index (χ0n) is 10.1. The minimum Gasteiger partial charge on any atom is -0.481 e. The molecule has 0 bridgehead atoms. The van der Waals surface area contributed by atoms with Crippen molar-refractivity contribution in [1.29, 1.82) is 0 Å². The highest BCUT2D eigenvalue weighted by molar-refractivity contribution is 5.74. The van der Waals surface area contributed by atoms with E-state index in [0.29, 0.717) is 11.2 Å². The first-order valence-electron chi connectivity index (χ1n) is 5.44. The molecule has 17 heavy (non-hydrogen) atoms. The lowest BCUT2D eigenvalue weighted by Crippen LogP contribution is -2.16. The Balaban J connectivity index is 2.69. The second kappa shape index (κ2) is 3.84. The summed E-state index contributed by atoms with van der Waals surface area (Å²) in [5.41, 5.74) is 1.92. The molecule has 0 fully saturated rings. The third-order valence-electron chi connectivity index (χ3n) is 2.53. The first-order chi connectivity index (χ1) is 7.89. The van der Waals surface area contributed by atoms with Crippen molar-refractivity contribution in [1.82, 2.24) is 14.6 Å². The molecule has 0 aliphatic carbocycles. The summed E-state index contributed by atoms with van der Waals surface area (Å²) in [6.07, 6.45) is 3.38. The number of carboxylic acid groups (broad SMARTS) is 1. The summed E-state index contributed by atoms with van der Waals surface area (Å²) < 4.78 is 1.64. The predicted octanol–water partition coefficient (Wildman–Crippen LogP) is 1.65. The van der Waals surface area contributed by atoms with Gasteiger partial charge in [0.15, 0.2) is 5.65 Å². The van der Waals surface area contributed by atoms with E-state index in [4.69, 9.17) is 5.11 Å². The van der Waals surface area contributed by atoms with Crippen molar-refractivity contribution < 1.29 is 9.90 Å². The molecule has 0 aliphatic rings. The highest BCUT2D eigenvalue weighted by Gasteiger charge is 2.25. The second-order valence-corrected chi connectivity index (χ2v) is 5.04. The third-order valence-corrected chi connectivity index (χ3v) is 2.53. The van der Waals surface area contributed by atoms with Gasteiger partial charge in [0.25, 0.3) is 0 Å². The number of fused-ring (bicyclic) bond motifs is 1. The quantitative estimate of drug-likeness (QED) is 0.856. The van der Waals surface area contributed by atoms with E-state index in [1.807, 2.05) is 20.8 Å². The van der Waals surface area contributed by atoms with Gasteiger partial charge in [-0.2, -0.15) is 5.10 Å². The number of rotatable bonds is 2. The van der Waals surface area contributed by atoms with Crippen LogP contribution in [0.2, 0.25) is 0 Å². The lowest BCUT2D eigenvalue weighted by Gasteiger charge is -2.16. The summed E-state index contributed by atoms with van der Waals surface area (Å²) in [5.74, 6) is -0.865. The van der Waals surface area contributed by atoms with Crippen LogP contribution in [0, 0.1) is 0 Å². The largest absolute Gasteiger partial charge is 0.481 e. The average Bonchev–Trinajstić information content (AvgIpc) is 2.56. The van der Waals surface area contributed by atoms with E-state index in [9.17, 15) is 4.79 Å². The van der Waals surface area contributed by atoms with Crippen LogP contribution in [0.1, 0.15) is 32.0 Å². The normalized spacial score (nSPS) is 11.9. The monoisotopic (exact) mass is 233 g/mol. The number of nitrogens with zero attached hydrogens (tertiary/aromatic N) is 3. The van der Waals surface area contributed by atoms with E-state index in [1.165, 1.54) is 0 Å². The molecule has 5 nitrogen and oxygen atoms in total. The van der Waals surface area contributed by atoms with Crippen molar-refractivity contribution in [3.63, 3.8) is 0 Å². The van der Waals surface area contributed by atoms with Crippen LogP contribution in [0.5, 0.6) is 0 Å². The highest BCUT2D eigenvalue weighted by atomic mass is 16.4. The van der Waals surface area contributed by atoms with Crippen LogP contribution >= 0.6 is 0 Å². The first kappa shape index (κ1) is 11.6. The molecule has 90 valence electrons. The Morgan fingerprint density at radius 3 is 2.76 bits per heavy atom. The smallest absolute Gasteiger partial charge is 0.308 e. The summed E-state index contributed by atoms with van der Waals surface area (Å²) in [6.45, 7) is 6.04. The van der Waals surface area contributed by atoms with E-state index in [1.54, 1.807) is 23.0 Å². The van der Waals surface area contributed by atoms with Crippen LogP contribution in [-0.4, -0.2) is 25.7 Å². The number of carbonyl (C=O) groups is 1. The predicted molar refractivity (Wildman–Crippen MR) is 63.0 cm³/mol. The standard InChI is InChI=1S/C12H15N3O2/c1-12(2,3)10-8(7-9(16)17)11-13-5-4-6-15(11)14-10/h4-6H,7H2,1-3H3,(H,16,17). The second-order valence-electron chi connectivity index (χ2n) is 5.04. The summed E-state index contributed by atoms with van der Waals surface area (Å²) in [4.78, 5) is 15.1. The number of aromatic nitrogens is 3. The minimum absolute atomic E-state index is 0.0485. The van der Waals surface area contributed by atoms with Crippen molar-refractivity contribution in [3.8, 4) is 0 Å². The van der Waals surface area contributed by atoms with Gasteiger partial charge in [0.05, 0.1) is 12.1 Å². The summed E-state index contributed by atoms with van der Waals surface area (Å²) in [5, 5.41) is 13.4. The van der Waals surface area contributed by atoms with Gasteiger partial charge in [0.1, 0.15) is 0 Å². The van der Waals surface area contributed by atoms with E-state index >= 15 is 0 Å². The maximum absolute atomic E-state index is 10.9. The molecule has 0 saturated carbocycles. The maximum atomic E-state index is 10.9. The van der Waals surface area contributed by atoms with Gasteiger partial charge in [0, 0.05) is 23.4 Å². The van der Waals surface area contributed by atoms with Gasteiger partial charge in [-0.1, -0.05) is 20.8 Å². The highest BCUT2D eigenvalue weighted by Crippen LogP contribution is 2.27. The van der Waals surface area contributed by atoms with Crippen molar-refractivity contribution in [2.45, 2.75) is 32.6 Å². The molecule has 2 rings (SSSR count). The Bertz CT molecular complexity index is 567. The Morgan fingerprint density at radius 1 is 1.47 bits per heavy atom. The molecular weight excluding hydrogens is 218 g/mol. The fraction of sp³-hybridized carbons (Fsp3) is 0.417. The van der Waals surface area contributed by atoms with Gasteiger partial charge in [-0.05, 0) is 6.07 Å². The molecular formula is C12H15N3O2. The molecule has 1 N–H and O–H groups in total. The van der Waals surface area contributed by atoms with Gasteiger partial charge < -0.3 is 5.11 Å². The SMILES string of the molecule is CC(C)(C)c1nn2cccnc2c1CC(=O)O. The fourth-order valence-corrected chi connectivity index (χ4v) is 1.85. The Hall–Kier alpha value is -1.91. The first-order valence-corrected chi connectivity index (χ1v) is 5.44. The lowest BCUT2D eigenvalue weighted by atomic mass is 9.88. The van der Waals surface area contributed by atoms with Gasteiger partial charge in [-0.25, -0.2) is 9.50 Å². The van der Waals surface area contributed by atoms with Crippen LogP contribution < -0.4 is 0 Å². The Labute approximate surface area is 99.1 Å². The molecule has 0 saturated heterocycles. The molecule has 0 aliphatic heterocycles. The van der Waals surface area contributed by atoms with E-state index < -0.39 is 5.97 Å². The van der Waals surface area contributed by atoms with Crippen molar-refractivity contribution in [3.05, 3.63) is 29.7 Å². The number of hydrogen-bond acceptors (Lipinski definition) is 3. The van der Waals surface area contributed by atoms with Crippen molar-refractivity contribution >= 4 is 11.6 Å². The molecule has 0 aromatic carbocycles. The molecule has 0 amide bonds. The van der Waals surface area contributed by atoms with Crippen LogP contribution in [0.3, 0.4) is 0 Å². The summed E-state index contributed by atoms with van der Waals surface area (Å²) in [6, 6.07) is 1.77. The maximum Gasteiger partial charge on any atom is 0.308 e. The lowest BCUT2D eigenvalue weighted by molar-refractivity contribution is -0.136. The molecule has 0 spiro atoms. The van der Waals surface area contributed by atoms with Crippen molar-refractivity contribution in [2.24, 2.45) is 0 Å².